The largest absolute Gasteiger partial charge is 0.379 e. The Kier molecular flexibility index (Phi) is 33.1. The number of hydrogen-bond acceptors (Lipinski definition) is 10. The van der Waals surface area contributed by atoms with Crippen molar-refractivity contribution in [3.8, 4) is 0 Å². The fraction of sp³-hybridized carbons (Fsp3) is 1.00. The molecular formula is C24H49FO10. The first-order valence-corrected chi connectivity index (χ1v) is 12.7. The van der Waals surface area contributed by atoms with Gasteiger partial charge in [0, 0.05) is 6.61 Å². The van der Waals surface area contributed by atoms with Gasteiger partial charge in [0.25, 0.3) is 0 Å². The van der Waals surface area contributed by atoms with Crippen LogP contribution in [0.5, 0.6) is 0 Å². The molecule has 0 fully saturated rings. The summed E-state index contributed by atoms with van der Waals surface area (Å²) in [6, 6.07) is 0. The highest BCUT2D eigenvalue weighted by Crippen LogP contribution is 1.89. The maximum Gasteiger partial charge on any atom is 0.113 e. The van der Waals surface area contributed by atoms with Crippen LogP contribution in [0, 0.1) is 0 Å². The van der Waals surface area contributed by atoms with E-state index in [0.29, 0.717) is 119 Å². The summed E-state index contributed by atoms with van der Waals surface area (Å²) in [5.41, 5.74) is 0. The number of hydrogen-bond donors (Lipinski definition) is 0. The van der Waals surface area contributed by atoms with Gasteiger partial charge in [0.15, 0.2) is 0 Å². The first kappa shape index (κ1) is 34.5. The number of unbranched alkanes of at least 4 members (excludes halogenated alkanes) is 1. The van der Waals surface area contributed by atoms with Gasteiger partial charge in [-0.25, -0.2) is 4.39 Å². The van der Waals surface area contributed by atoms with Crippen LogP contribution >= 0.6 is 0 Å². The highest BCUT2D eigenvalue weighted by Gasteiger charge is 1.96. The summed E-state index contributed by atoms with van der Waals surface area (Å²) in [7, 11) is 0. The van der Waals surface area contributed by atoms with Crippen molar-refractivity contribution in [2.45, 2.75) is 19.8 Å². The molecule has 0 rings (SSSR count). The molecule has 0 aliphatic rings. The zero-order valence-corrected chi connectivity index (χ0v) is 21.7. The molecule has 0 aromatic rings. The average molecular weight is 517 g/mol. The van der Waals surface area contributed by atoms with Crippen molar-refractivity contribution in [3.05, 3.63) is 0 Å². The van der Waals surface area contributed by atoms with Crippen LogP contribution in [0.1, 0.15) is 19.8 Å². The first-order valence-electron chi connectivity index (χ1n) is 12.7. The molecule has 0 atom stereocenters. The van der Waals surface area contributed by atoms with Gasteiger partial charge in [-0.2, -0.15) is 0 Å². The second-order valence-corrected chi connectivity index (χ2v) is 7.17. The van der Waals surface area contributed by atoms with Crippen molar-refractivity contribution >= 4 is 0 Å². The Labute approximate surface area is 210 Å². The minimum Gasteiger partial charge on any atom is -0.379 e. The van der Waals surface area contributed by atoms with Gasteiger partial charge in [0.2, 0.25) is 0 Å². The number of ether oxygens (including phenoxy) is 10. The van der Waals surface area contributed by atoms with Crippen molar-refractivity contribution in [3.63, 3.8) is 0 Å². The fourth-order valence-electron chi connectivity index (χ4n) is 2.38. The lowest BCUT2D eigenvalue weighted by molar-refractivity contribution is -0.0265. The van der Waals surface area contributed by atoms with Crippen molar-refractivity contribution in [2.24, 2.45) is 0 Å². The Bertz CT molecular complexity index is 337. The predicted octanol–water partition coefficient (Wildman–Crippen LogP) is 1.92. The highest BCUT2D eigenvalue weighted by atomic mass is 19.1. The van der Waals surface area contributed by atoms with E-state index in [1.54, 1.807) is 0 Å². The molecule has 0 aliphatic heterocycles. The van der Waals surface area contributed by atoms with Crippen molar-refractivity contribution in [1.29, 1.82) is 0 Å². The molecule has 212 valence electrons. The van der Waals surface area contributed by atoms with Gasteiger partial charge in [-0.3, -0.25) is 0 Å². The van der Waals surface area contributed by atoms with E-state index in [4.69, 9.17) is 47.4 Å². The van der Waals surface area contributed by atoms with Gasteiger partial charge in [0.05, 0.1) is 126 Å². The van der Waals surface area contributed by atoms with E-state index in [-0.39, 0.29) is 6.61 Å². The van der Waals surface area contributed by atoms with E-state index >= 15 is 0 Å². The zero-order valence-electron chi connectivity index (χ0n) is 21.7. The third-order valence-corrected chi connectivity index (χ3v) is 4.21. The summed E-state index contributed by atoms with van der Waals surface area (Å²) in [4.78, 5) is 0. The molecule has 0 saturated heterocycles. The van der Waals surface area contributed by atoms with Crippen LogP contribution in [0.25, 0.3) is 0 Å². The van der Waals surface area contributed by atoms with Crippen molar-refractivity contribution < 1.29 is 51.8 Å². The summed E-state index contributed by atoms with van der Waals surface area (Å²) in [6.45, 7) is 11.9. The van der Waals surface area contributed by atoms with E-state index in [0.717, 1.165) is 19.4 Å². The minimum atomic E-state index is -0.470. The molecule has 11 heteroatoms. The van der Waals surface area contributed by atoms with E-state index in [1.165, 1.54) is 0 Å². The van der Waals surface area contributed by atoms with E-state index < -0.39 is 6.67 Å². The summed E-state index contributed by atoms with van der Waals surface area (Å²) < 4.78 is 65.3. The molecule has 0 aromatic heterocycles. The van der Waals surface area contributed by atoms with Crippen LogP contribution in [-0.4, -0.2) is 139 Å². The van der Waals surface area contributed by atoms with E-state index in [9.17, 15) is 4.39 Å². The van der Waals surface area contributed by atoms with Crippen LogP contribution in [0.15, 0.2) is 0 Å². The Morgan fingerprint density at radius 1 is 0.314 bits per heavy atom. The standard InChI is InChI=1S/C24H49FO10/c1-2-3-5-26-7-9-28-11-13-30-15-17-32-19-21-34-23-24-35-22-20-33-18-16-31-14-12-29-10-8-27-6-4-25/h2-24H2,1H3. The highest BCUT2D eigenvalue weighted by molar-refractivity contribution is 4.39. The first-order chi connectivity index (χ1) is 17.4. The van der Waals surface area contributed by atoms with Crippen molar-refractivity contribution in [2.75, 3.05) is 139 Å². The zero-order chi connectivity index (χ0) is 25.3. The molecule has 0 saturated carbocycles. The molecule has 0 amide bonds. The van der Waals surface area contributed by atoms with E-state index in [2.05, 4.69) is 6.92 Å². The lowest BCUT2D eigenvalue weighted by Gasteiger charge is -2.09. The molecule has 0 aromatic carbocycles. The predicted molar refractivity (Wildman–Crippen MR) is 129 cm³/mol. The third-order valence-electron chi connectivity index (χ3n) is 4.21. The lowest BCUT2D eigenvalue weighted by Crippen LogP contribution is -2.15. The van der Waals surface area contributed by atoms with Crippen LogP contribution in [0.4, 0.5) is 4.39 Å². The maximum absolute atomic E-state index is 11.8. The van der Waals surface area contributed by atoms with Gasteiger partial charge >= 0.3 is 0 Å². The summed E-state index contributed by atoms with van der Waals surface area (Å²) in [5.74, 6) is 0. The van der Waals surface area contributed by atoms with Crippen LogP contribution < -0.4 is 0 Å². The van der Waals surface area contributed by atoms with Gasteiger partial charge in [-0.1, -0.05) is 13.3 Å². The normalized spacial score (nSPS) is 11.5. The van der Waals surface area contributed by atoms with E-state index in [1.807, 2.05) is 0 Å². The summed E-state index contributed by atoms with van der Waals surface area (Å²) >= 11 is 0. The van der Waals surface area contributed by atoms with Gasteiger partial charge in [-0.15, -0.1) is 0 Å². The summed E-state index contributed by atoms with van der Waals surface area (Å²) in [5, 5.41) is 0. The SMILES string of the molecule is CCCCOCCOCCOCCOCCOCCOCCOCCOCCOCCOCCF. The Hall–Kier alpha value is -0.470. The van der Waals surface area contributed by atoms with Crippen LogP contribution in [0.3, 0.4) is 0 Å². The van der Waals surface area contributed by atoms with Gasteiger partial charge in [-0.05, 0) is 6.42 Å². The Morgan fingerprint density at radius 3 is 0.714 bits per heavy atom. The molecule has 0 radical (unpaired) electrons. The smallest absolute Gasteiger partial charge is 0.113 e. The molecule has 0 aliphatic carbocycles. The Morgan fingerprint density at radius 2 is 0.514 bits per heavy atom. The average Bonchev–Trinajstić information content (AvgIpc) is 2.87. The second-order valence-electron chi connectivity index (χ2n) is 7.17. The lowest BCUT2D eigenvalue weighted by atomic mass is 10.4. The van der Waals surface area contributed by atoms with Crippen molar-refractivity contribution in [1.82, 2.24) is 0 Å². The Balaban J connectivity index is 3.00. The molecule has 0 N–H and O–H groups in total. The number of halogens is 1. The molecule has 0 bridgehead atoms. The molecule has 0 spiro atoms. The van der Waals surface area contributed by atoms with Crippen LogP contribution in [0.2, 0.25) is 0 Å². The van der Waals surface area contributed by atoms with Gasteiger partial charge < -0.3 is 47.4 Å². The second kappa shape index (κ2) is 33.5. The number of alkyl halides is 1. The summed E-state index contributed by atoms with van der Waals surface area (Å²) in [6.07, 6.45) is 2.24. The third kappa shape index (κ3) is 33.5. The monoisotopic (exact) mass is 516 g/mol. The molecule has 0 unspecified atom stereocenters. The molecule has 0 heterocycles. The maximum atomic E-state index is 11.8. The molecule has 35 heavy (non-hydrogen) atoms. The topological polar surface area (TPSA) is 92.3 Å². The molecule has 10 nitrogen and oxygen atoms in total. The van der Waals surface area contributed by atoms with Gasteiger partial charge in [0.1, 0.15) is 6.67 Å². The van der Waals surface area contributed by atoms with Crippen LogP contribution in [-0.2, 0) is 47.4 Å². The number of rotatable bonds is 32. The molecular weight excluding hydrogens is 467 g/mol. The minimum absolute atomic E-state index is 0.118. The quantitative estimate of drug-likeness (QED) is 0.124. The fourth-order valence-corrected chi connectivity index (χ4v) is 2.38.